The minimum atomic E-state index is -0.124. The molecule has 2 atom stereocenters. The van der Waals surface area contributed by atoms with Crippen LogP contribution in [0.25, 0.3) is 0 Å². The molecule has 2 aliphatic rings. The summed E-state index contributed by atoms with van der Waals surface area (Å²) in [6, 6.07) is 11.5. The minimum Gasteiger partial charge on any atom is -0.490 e. The molecule has 0 unspecified atom stereocenters. The lowest BCUT2D eigenvalue weighted by Gasteiger charge is -2.39. The van der Waals surface area contributed by atoms with Gasteiger partial charge in [-0.15, -0.1) is 0 Å². The summed E-state index contributed by atoms with van der Waals surface area (Å²) in [6.45, 7) is 8.13. The number of rotatable bonds is 6. The number of hydrogen-bond acceptors (Lipinski definition) is 5. The molecule has 0 saturated carbocycles. The van der Waals surface area contributed by atoms with E-state index in [-0.39, 0.29) is 23.8 Å². The number of aromatic nitrogens is 2. The Kier molecular flexibility index (Phi) is 7.09. The fourth-order valence-corrected chi connectivity index (χ4v) is 4.48. The molecule has 2 aromatic rings. The van der Waals surface area contributed by atoms with E-state index < -0.39 is 0 Å². The molecule has 2 amide bonds. The first kappa shape index (κ1) is 22.3. The summed E-state index contributed by atoms with van der Waals surface area (Å²) in [5.74, 6) is 0.721. The lowest BCUT2D eigenvalue weighted by atomic mass is 9.90. The van der Waals surface area contributed by atoms with Gasteiger partial charge in [-0.25, -0.2) is 0 Å². The highest BCUT2D eigenvalue weighted by Crippen LogP contribution is 2.27. The molecular formula is C24H32N4O4. The quantitative estimate of drug-likeness (QED) is 0.689. The van der Waals surface area contributed by atoms with Gasteiger partial charge in [0.15, 0.2) is 5.69 Å². The molecular weight excluding hydrogens is 408 g/mol. The summed E-state index contributed by atoms with van der Waals surface area (Å²) in [5.41, 5.74) is 1.43. The Bertz CT molecular complexity index is 923. The van der Waals surface area contributed by atoms with Crippen LogP contribution < -0.4 is 4.74 Å². The molecule has 2 aliphatic heterocycles. The van der Waals surface area contributed by atoms with Crippen molar-refractivity contribution in [3.63, 3.8) is 0 Å². The lowest BCUT2D eigenvalue weighted by Crippen LogP contribution is -2.50. The Morgan fingerprint density at radius 2 is 1.88 bits per heavy atom. The van der Waals surface area contributed by atoms with Gasteiger partial charge in [0.05, 0.1) is 13.2 Å². The second-order valence-corrected chi connectivity index (χ2v) is 8.45. The molecule has 0 spiro atoms. The predicted octanol–water partition coefficient (Wildman–Crippen LogP) is 2.37. The molecule has 3 heterocycles. The maximum absolute atomic E-state index is 13.2. The second kappa shape index (κ2) is 10.2. The molecule has 1 aromatic heterocycles. The zero-order chi connectivity index (χ0) is 22.5. The van der Waals surface area contributed by atoms with Crippen LogP contribution in [0.2, 0.25) is 0 Å². The molecule has 8 nitrogen and oxygen atoms in total. The Morgan fingerprint density at radius 1 is 1.12 bits per heavy atom. The van der Waals surface area contributed by atoms with Crippen LogP contribution in [0, 0.1) is 12.8 Å². The van der Waals surface area contributed by atoms with E-state index in [0.29, 0.717) is 57.9 Å². The van der Waals surface area contributed by atoms with E-state index in [1.807, 2.05) is 64.7 Å². The zero-order valence-corrected chi connectivity index (χ0v) is 18.9. The first-order valence-electron chi connectivity index (χ1n) is 11.5. The molecule has 32 heavy (non-hydrogen) atoms. The standard InChI is InChI=1S/C24H32N4O4/c1-3-28-18(2)15-21(25-28)24(30)27-10-9-22(32-20-7-5-4-6-8-20)19(17-27)16-23(29)26-11-13-31-14-12-26/h4-8,15,19,22H,3,9-14,16-17H2,1-2H3/t19-,22-/m0/s1. The van der Waals surface area contributed by atoms with Crippen molar-refractivity contribution in [2.24, 2.45) is 5.92 Å². The van der Waals surface area contributed by atoms with Gasteiger partial charge in [0, 0.05) is 57.2 Å². The Morgan fingerprint density at radius 3 is 2.56 bits per heavy atom. The summed E-state index contributed by atoms with van der Waals surface area (Å²) < 4.78 is 13.5. The highest BCUT2D eigenvalue weighted by atomic mass is 16.5. The monoisotopic (exact) mass is 440 g/mol. The number of morpholine rings is 1. The van der Waals surface area contributed by atoms with Crippen LogP contribution in [0.1, 0.15) is 35.9 Å². The average molecular weight is 441 g/mol. The molecule has 0 N–H and O–H groups in total. The van der Waals surface area contributed by atoms with E-state index in [1.165, 1.54) is 0 Å². The summed E-state index contributed by atoms with van der Waals surface area (Å²) in [5, 5.41) is 4.45. The Labute approximate surface area is 189 Å². The van der Waals surface area contributed by atoms with Gasteiger partial charge >= 0.3 is 0 Å². The van der Waals surface area contributed by atoms with E-state index in [9.17, 15) is 9.59 Å². The smallest absolute Gasteiger partial charge is 0.274 e. The van der Waals surface area contributed by atoms with Gasteiger partial charge in [0.25, 0.3) is 5.91 Å². The van der Waals surface area contributed by atoms with Crippen molar-refractivity contribution in [3.8, 4) is 5.75 Å². The third-order valence-electron chi connectivity index (χ3n) is 6.28. The molecule has 0 radical (unpaired) electrons. The molecule has 2 fully saturated rings. The first-order chi connectivity index (χ1) is 15.5. The number of ether oxygens (including phenoxy) is 2. The van der Waals surface area contributed by atoms with Crippen molar-refractivity contribution in [2.45, 2.75) is 39.3 Å². The van der Waals surface area contributed by atoms with Crippen LogP contribution in [0.4, 0.5) is 0 Å². The Balaban J connectivity index is 1.48. The normalized spacial score (nSPS) is 21.4. The zero-order valence-electron chi connectivity index (χ0n) is 18.9. The van der Waals surface area contributed by atoms with E-state index in [4.69, 9.17) is 9.47 Å². The van der Waals surface area contributed by atoms with Crippen molar-refractivity contribution >= 4 is 11.8 Å². The third kappa shape index (κ3) is 5.12. The van der Waals surface area contributed by atoms with Crippen LogP contribution in [0.5, 0.6) is 5.75 Å². The summed E-state index contributed by atoms with van der Waals surface area (Å²) in [7, 11) is 0. The number of carbonyl (C=O) groups is 2. The van der Waals surface area contributed by atoms with Gasteiger partial charge in [-0.1, -0.05) is 18.2 Å². The number of hydrogen-bond donors (Lipinski definition) is 0. The lowest BCUT2D eigenvalue weighted by molar-refractivity contribution is -0.137. The maximum atomic E-state index is 13.2. The summed E-state index contributed by atoms with van der Waals surface area (Å²) in [4.78, 5) is 29.9. The molecule has 1 aromatic carbocycles. The van der Waals surface area contributed by atoms with Gasteiger partial charge in [-0.2, -0.15) is 5.10 Å². The van der Waals surface area contributed by atoms with Gasteiger partial charge in [0.1, 0.15) is 11.9 Å². The number of nitrogens with zero attached hydrogens (tertiary/aromatic N) is 4. The van der Waals surface area contributed by atoms with Crippen molar-refractivity contribution < 1.29 is 19.1 Å². The minimum absolute atomic E-state index is 0.0812. The van der Waals surface area contributed by atoms with E-state index >= 15 is 0 Å². The fraction of sp³-hybridized carbons (Fsp3) is 0.542. The van der Waals surface area contributed by atoms with Gasteiger partial charge in [0.2, 0.25) is 5.91 Å². The number of benzene rings is 1. The van der Waals surface area contributed by atoms with Gasteiger partial charge < -0.3 is 19.3 Å². The average Bonchev–Trinajstić information content (AvgIpc) is 3.21. The van der Waals surface area contributed by atoms with Gasteiger partial charge in [-0.3, -0.25) is 14.3 Å². The van der Waals surface area contributed by atoms with Crippen molar-refractivity contribution in [2.75, 3.05) is 39.4 Å². The van der Waals surface area contributed by atoms with Crippen LogP contribution in [-0.2, 0) is 16.1 Å². The molecule has 0 bridgehead atoms. The van der Waals surface area contributed by atoms with Gasteiger partial charge in [-0.05, 0) is 32.0 Å². The fourth-order valence-electron chi connectivity index (χ4n) is 4.48. The summed E-state index contributed by atoms with van der Waals surface area (Å²) in [6.07, 6.45) is 0.903. The third-order valence-corrected chi connectivity index (χ3v) is 6.28. The Hall–Kier alpha value is -2.87. The van der Waals surface area contributed by atoms with Crippen molar-refractivity contribution in [3.05, 3.63) is 47.8 Å². The van der Waals surface area contributed by atoms with Crippen LogP contribution >= 0.6 is 0 Å². The first-order valence-corrected chi connectivity index (χ1v) is 11.5. The number of likely N-dealkylation sites (tertiary alicyclic amines) is 1. The number of para-hydroxylation sites is 1. The molecule has 4 rings (SSSR count). The van der Waals surface area contributed by atoms with Crippen LogP contribution in [-0.4, -0.2) is 76.9 Å². The second-order valence-electron chi connectivity index (χ2n) is 8.45. The molecule has 0 aliphatic carbocycles. The number of aryl methyl sites for hydroxylation is 2. The number of carbonyl (C=O) groups excluding carboxylic acids is 2. The topological polar surface area (TPSA) is 76.9 Å². The molecule has 2 saturated heterocycles. The van der Waals surface area contributed by atoms with Crippen molar-refractivity contribution in [1.82, 2.24) is 19.6 Å². The van der Waals surface area contributed by atoms with E-state index in [0.717, 1.165) is 18.0 Å². The van der Waals surface area contributed by atoms with E-state index in [1.54, 1.807) is 0 Å². The largest absolute Gasteiger partial charge is 0.490 e. The number of amides is 2. The SMILES string of the molecule is CCn1nc(C(=O)N2CC[C@H](Oc3ccccc3)[C@@H](CC(=O)N3CCOCC3)C2)cc1C. The van der Waals surface area contributed by atoms with Crippen molar-refractivity contribution in [1.29, 1.82) is 0 Å². The highest BCUT2D eigenvalue weighted by molar-refractivity contribution is 5.92. The molecule has 172 valence electrons. The predicted molar refractivity (Wildman–Crippen MR) is 120 cm³/mol. The summed E-state index contributed by atoms with van der Waals surface area (Å²) >= 11 is 0. The molecule has 8 heteroatoms. The van der Waals surface area contributed by atoms with Crippen LogP contribution in [0.15, 0.2) is 36.4 Å². The van der Waals surface area contributed by atoms with E-state index in [2.05, 4.69) is 5.10 Å². The van der Waals surface area contributed by atoms with Crippen LogP contribution in [0.3, 0.4) is 0 Å². The maximum Gasteiger partial charge on any atom is 0.274 e. The highest BCUT2D eigenvalue weighted by Gasteiger charge is 2.36. The number of piperidine rings is 1.